The van der Waals surface area contributed by atoms with Gasteiger partial charge in [0.05, 0.1) is 6.61 Å². The molecule has 1 aromatic carbocycles. The van der Waals surface area contributed by atoms with Crippen molar-refractivity contribution >= 4 is 15.9 Å². The molecule has 2 atom stereocenters. The Labute approximate surface area is 101 Å². The molecule has 2 heteroatoms. The summed E-state index contributed by atoms with van der Waals surface area (Å²) < 4.78 is 5.49. The topological polar surface area (TPSA) is 9.23 Å². The molecule has 0 fully saturated rings. The average molecular weight is 271 g/mol. The maximum absolute atomic E-state index is 5.49. The summed E-state index contributed by atoms with van der Waals surface area (Å²) in [6.45, 7) is 7.18. The van der Waals surface area contributed by atoms with Crippen LogP contribution in [0.3, 0.4) is 0 Å². The molecule has 0 bridgehead atoms. The van der Waals surface area contributed by atoms with Crippen molar-refractivity contribution in [3.63, 3.8) is 0 Å². The molecule has 0 aliphatic heterocycles. The Balaban J connectivity index is 2.71. The number of benzene rings is 1. The predicted molar refractivity (Wildman–Crippen MR) is 69.0 cm³/mol. The van der Waals surface area contributed by atoms with Crippen LogP contribution in [0.25, 0.3) is 0 Å². The van der Waals surface area contributed by atoms with Gasteiger partial charge in [-0.05, 0) is 37.0 Å². The summed E-state index contributed by atoms with van der Waals surface area (Å²) in [5.41, 5.74) is 1.35. The lowest BCUT2D eigenvalue weighted by Crippen LogP contribution is -2.01. The van der Waals surface area contributed by atoms with Gasteiger partial charge in [0, 0.05) is 4.83 Å². The van der Waals surface area contributed by atoms with Gasteiger partial charge in [0.25, 0.3) is 0 Å². The maximum atomic E-state index is 5.49. The first-order chi connectivity index (χ1) is 7.13. The van der Waals surface area contributed by atoms with E-state index in [4.69, 9.17) is 4.74 Å². The van der Waals surface area contributed by atoms with E-state index in [0.29, 0.717) is 10.7 Å². The molecule has 84 valence electrons. The SMILES string of the molecule is CCOc1cccc(C(C)CC(C)Br)c1. The Morgan fingerprint density at radius 1 is 1.33 bits per heavy atom. The Hall–Kier alpha value is -0.500. The van der Waals surface area contributed by atoms with Crippen molar-refractivity contribution in [3.8, 4) is 5.75 Å². The van der Waals surface area contributed by atoms with Gasteiger partial charge in [0.15, 0.2) is 0 Å². The van der Waals surface area contributed by atoms with Gasteiger partial charge < -0.3 is 4.74 Å². The van der Waals surface area contributed by atoms with E-state index in [2.05, 4.69) is 48.0 Å². The minimum absolute atomic E-state index is 0.559. The highest BCUT2D eigenvalue weighted by Crippen LogP contribution is 2.26. The second-order valence-corrected chi connectivity index (χ2v) is 5.49. The summed E-state index contributed by atoms with van der Waals surface area (Å²) in [6.07, 6.45) is 1.15. The van der Waals surface area contributed by atoms with E-state index in [9.17, 15) is 0 Å². The van der Waals surface area contributed by atoms with E-state index in [0.717, 1.165) is 18.8 Å². The van der Waals surface area contributed by atoms with Gasteiger partial charge >= 0.3 is 0 Å². The summed E-state index contributed by atoms with van der Waals surface area (Å²) >= 11 is 3.59. The number of halogens is 1. The zero-order valence-electron chi connectivity index (χ0n) is 9.66. The number of rotatable bonds is 5. The highest BCUT2D eigenvalue weighted by Gasteiger charge is 2.09. The summed E-state index contributed by atoms with van der Waals surface area (Å²) in [4.78, 5) is 0.559. The van der Waals surface area contributed by atoms with Gasteiger partial charge in [0.2, 0.25) is 0 Å². The van der Waals surface area contributed by atoms with Gasteiger partial charge in [0.1, 0.15) is 5.75 Å². The van der Waals surface area contributed by atoms with E-state index < -0.39 is 0 Å². The zero-order valence-corrected chi connectivity index (χ0v) is 11.3. The summed E-state index contributed by atoms with van der Waals surface area (Å²) in [5.74, 6) is 1.55. The van der Waals surface area contributed by atoms with Crippen LogP contribution < -0.4 is 4.74 Å². The fourth-order valence-corrected chi connectivity index (χ4v) is 2.26. The van der Waals surface area contributed by atoms with Crippen molar-refractivity contribution in [1.29, 1.82) is 0 Å². The fourth-order valence-electron chi connectivity index (χ4n) is 1.70. The quantitative estimate of drug-likeness (QED) is 0.723. The third-order valence-corrected chi connectivity index (χ3v) is 2.79. The van der Waals surface area contributed by atoms with Crippen LogP contribution in [0, 0.1) is 0 Å². The summed E-state index contributed by atoms with van der Waals surface area (Å²) in [7, 11) is 0. The minimum Gasteiger partial charge on any atom is -0.494 e. The number of ether oxygens (including phenoxy) is 1. The van der Waals surface area contributed by atoms with Crippen molar-refractivity contribution in [2.75, 3.05) is 6.61 Å². The Morgan fingerprint density at radius 2 is 2.07 bits per heavy atom. The Bertz CT molecular complexity index is 296. The number of alkyl halides is 1. The van der Waals surface area contributed by atoms with E-state index in [1.54, 1.807) is 0 Å². The first-order valence-electron chi connectivity index (χ1n) is 5.50. The molecule has 0 aromatic heterocycles. The van der Waals surface area contributed by atoms with Gasteiger partial charge in [-0.3, -0.25) is 0 Å². The molecule has 15 heavy (non-hydrogen) atoms. The summed E-state index contributed by atoms with van der Waals surface area (Å²) in [6, 6.07) is 8.39. The number of hydrogen-bond donors (Lipinski definition) is 0. The van der Waals surface area contributed by atoms with E-state index in [1.807, 2.05) is 13.0 Å². The summed E-state index contributed by atoms with van der Waals surface area (Å²) in [5, 5.41) is 0. The van der Waals surface area contributed by atoms with Gasteiger partial charge in [-0.25, -0.2) is 0 Å². The third kappa shape index (κ3) is 4.25. The Morgan fingerprint density at radius 3 is 2.67 bits per heavy atom. The van der Waals surface area contributed by atoms with Crippen molar-refractivity contribution in [3.05, 3.63) is 29.8 Å². The lowest BCUT2D eigenvalue weighted by Gasteiger charge is -2.14. The van der Waals surface area contributed by atoms with Crippen molar-refractivity contribution in [2.45, 2.75) is 37.9 Å². The lowest BCUT2D eigenvalue weighted by atomic mass is 9.96. The minimum atomic E-state index is 0.559. The van der Waals surface area contributed by atoms with E-state index in [1.165, 1.54) is 5.56 Å². The molecule has 0 radical (unpaired) electrons. The molecule has 0 heterocycles. The van der Waals surface area contributed by atoms with Crippen LogP contribution in [0.5, 0.6) is 5.75 Å². The molecule has 1 aromatic rings. The molecule has 0 aliphatic rings. The first-order valence-corrected chi connectivity index (χ1v) is 6.42. The first kappa shape index (κ1) is 12.6. The molecule has 1 nitrogen and oxygen atoms in total. The molecule has 0 amide bonds. The Kier molecular flexibility index (Phi) is 5.16. The largest absolute Gasteiger partial charge is 0.494 e. The van der Waals surface area contributed by atoms with Gasteiger partial charge in [-0.15, -0.1) is 0 Å². The lowest BCUT2D eigenvalue weighted by molar-refractivity contribution is 0.339. The van der Waals surface area contributed by atoms with Crippen LogP contribution in [-0.4, -0.2) is 11.4 Å². The smallest absolute Gasteiger partial charge is 0.119 e. The highest BCUT2D eigenvalue weighted by molar-refractivity contribution is 9.09. The maximum Gasteiger partial charge on any atom is 0.119 e. The predicted octanol–water partition coefficient (Wildman–Crippen LogP) is 4.36. The standard InChI is InChI=1S/C13H19BrO/c1-4-15-13-7-5-6-12(9-13)10(2)8-11(3)14/h5-7,9-11H,4,8H2,1-3H3. The monoisotopic (exact) mass is 270 g/mol. The average Bonchev–Trinajstić information content (AvgIpc) is 2.17. The van der Waals surface area contributed by atoms with Crippen LogP contribution in [0.1, 0.15) is 38.7 Å². The van der Waals surface area contributed by atoms with E-state index in [-0.39, 0.29) is 0 Å². The van der Waals surface area contributed by atoms with Crippen molar-refractivity contribution in [1.82, 2.24) is 0 Å². The normalized spacial score (nSPS) is 14.7. The van der Waals surface area contributed by atoms with Crippen molar-refractivity contribution < 1.29 is 4.74 Å². The zero-order chi connectivity index (χ0) is 11.3. The third-order valence-electron chi connectivity index (χ3n) is 2.42. The molecule has 2 unspecified atom stereocenters. The molecule has 0 N–H and O–H groups in total. The highest BCUT2D eigenvalue weighted by atomic mass is 79.9. The van der Waals surface area contributed by atoms with Gasteiger partial charge in [-0.1, -0.05) is 41.9 Å². The molecular formula is C13H19BrO. The van der Waals surface area contributed by atoms with Crippen LogP contribution in [0.2, 0.25) is 0 Å². The van der Waals surface area contributed by atoms with E-state index >= 15 is 0 Å². The second-order valence-electron chi connectivity index (χ2n) is 3.92. The van der Waals surface area contributed by atoms with Crippen LogP contribution in [0.4, 0.5) is 0 Å². The van der Waals surface area contributed by atoms with Crippen LogP contribution >= 0.6 is 15.9 Å². The molecular weight excluding hydrogens is 252 g/mol. The van der Waals surface area contributed by atoms with Crippen LogP contribution in [0.15, 0.2) is 24.3 Å². The van der Waals surface area contributed by atoms with Gasteiger partial charge in [-0.2, -0.15) is 0 Å². The second kappa shape index (κ2) is 6.16. The molecule has 0 saturated heterocycles. The molecule has 0 spiro atoms. The molecule has 0 aliphatic carbocycles. The van der Waals surface area contributed by atoms with Crippen molar-refractivity contribution in [2.24, 2.45) is 0 Å². The molecule has 0 saturated carbocycles. The molecule has 1 rings (SSSR count). The van der Waals surface area contributed by atoms with Crippen LogP contribution in [-0.2, 0) is 0 Å². The fraction of sp³-hybridized carbons (Fsp3) is 0.538. The number of hydrogen-bond acceptors (Lipinski definition) is 1.